The van der Waals surface area contributed by atoms with Crippen LogP contribution in [0.15, 0.2) is 30.3 Å². The van der Waals surface area contributed by atoms with Crippen molar-refractivity contribution >= 4 is 15.9 Å². The van der Waals surface area contributed by atoms with Crippen molar-refractivity contribution in [2.24, 2.45) is 5.92 Å². The predicted molar refractivity (Wildman–Crippen MR) is 56.9 cm³/mol. The monoisotopic (exact) mass is 240 g/mol. The molecule has 2 unspecified atom stereocenters. The van der Waals surface area contributed by atoms with Crippen molar-refractivity contribution in [2.75, 3.05) is 6.61 Å². The minimum atomic E-state index is 0.711. The van der Waals surface area contributed by atoms with Crippen LogP contribution in [0.1, 0.15) is 12.0 Å². The molecule has 0 heterocycles. The number of hydrogen-bond donors (Lipinski definition) is 0. The highest BCUT2D eigenvalue weighted by Crippen LogP contribution is 2.37. The van der Waals surface area contributed by atoms with Gasteiger partial charge >= 0.3 is 0 Å². The lowest BCUT2D eigenvalue weighted by Gasteiger charge is -2.02. The largest absolute Gasteiger partial charge is 0.376 e. The van der Waals surface area contributed by atoms with Crippen molar-refractivity contribution in [1.82, 2.24) is 0 Å². The zero-order chi connectivity index (χ0) is 9.10. The second-order valence-corrected chi connectivity index (χ2v) is 4.69. The van der Waals surface area contributed by atoms with Gasteiger partial charge in [-0.2, -0.15) is 0 Å². The summed E-state index contributed by atoms with van der Waals surface area (Å²) in [6.45, 7) is 1.64. The first-order valence-electron chi connectivity index (χ1n) is 4.62. The van der Waals surface area contributed by atoms with Crippen LogP contribution in [-0.4, -0.2) is 11.4 Å². The van der Waals surface area contributed by atoms with Crippen LogP contribution >= 0.6 is 15.9 Å². The Morgan fingerprint density at radius 2 is 2.00 bits per heavy atom. The Kier molecular flexibility index (Phi) is 3.01. The Bertz CT molecular complexity index is 260. The van der Waals surface area contributed by atoms with Gasteiger partial charge in [0.05, 0.1) is 13.2 Å². The van der Waals surface area contributed by atoms with Gasteiger partial charge in [-0.05, 0) is 17.9 Å². The summed E-state index contributed by atoms with van der Waals surface area (Å²) in [5.41, 5.74) is 1.26. The molecule has 13 heavy (non-hydrogen) atoms. The van der Waals surface area contributed by atoms with Gasteiger partial charge in [-0.3, -0.25) is 0 Å². The minimum Gasteiger partial charge on any atom is -0.376 e. The molecule has 0 bridgehead atoms. The average Bonchev–Trinajstić information content (AvgIpc) is 2.84. The quantitative estimate of drug-likeness (QED) is 0.736. The van der Waals surface area contributed by atoms with Gasteiger partial charge in [0.15, 0.2) is 0 Å². The number of ether oxygens (including phenoxy) is 1. The zero-order valence-corrected chi connectivity index (χ0v) is 9.03. The second kappa shape index (κ2) is 4.25. The van der Waals surface area contributed by atoms with Crippen LogP contribution in [0.4, 0.5) is 0 Å². The van der Waals surface area contributed by atoms with Gasteiger partial charge in [0, 0.05) is 4.83 Å². The molecule has 0 spiro atoms. The lowest BCUT2D eigenvalue weighted by molar-refractivity contribution is 0.112. The van der Waals surface area contributed by atoms with Crippen LogP contribution in [0, 0.1) is 5.92 Å². The molecule has 2 heteroatoms. The highest BCUT2D eigenvalue weighted by Gasteiger charge is 2.34. The predicted octanol–water partition coefficient (Wildman–Crippen LogP) is 2.99. The lowest BCUT2D eigenvalue weighted by Crippen LogP contribution is -1.98. The molecule has 70 valence electrons. The standard InChI is InChI=1S/C11H13BrO/c12-11-6-10(11)8-13-7-9-4-2-1-3-5-9/h1-5,10-11H,6-8H2. The highest BCUT2D eigenvalue weighted by atomic mass is 79.9. The SMILES string of the molecule is BrC1CC1COCc1ccccc1. The van der Waals surface area contributed by atoms with E-state index in [0.717, 1.165) is 19.1 Å². The molecular weight excluding hydrogens is 228 g/mol. The summed E-state index contributed by atoms with van der Waals surface area (Å²) in [4.78, 5) is 0.711. The van der Waals surface area contributed by atoms with Crippen LogP contribution in [0.2, 0.25) is 0 Å². The van der Waals surface area contributed by atoms with Gasteiger partial charge in [-0.15, -0.1) is 0 Å². The molecule has 0 aromatic heterocycles. The molecule has 1 aliphatic carbocycles. The smallest absolute Gasteiger partial charge is 0.0717 e. The molecule has 0 radical (unpaired) electrons. The van der Waals surface area contributed by atoms with Gasteiger partial charge < -0.3 is 4.74 Å². The van der Waals surface area contributed by atoms with E-state index in [2.05, 4.69) is 28.1 Å². The van der Waals surface area contributed by atoms with E-state index in [1.807, 2.05) is 18.2 Å². The highest BCUT2D eigenvalue weighted by molar-refractivity contribution is 9.09. The van der Waals surface area contributed by atoms with Crippen LogP contribution in [0.3, 0.4) is 0 Å². The maximum absolute atomic E-state index is 5.58. The van der Waals surface area contributed by atoms with Crippen LogP contribution < -0.4 is 0 Å². The van der Waals surface area contributed by atoms with E-state index in [1.54, 1.807) is 0 Å². The molecule has 1 aliphatic rings. The van der Waals surface area contributed by atoms with E-state index in [0.29, 0.717) is 4.83 Å². The van der Waals surface area contributed by atoms with E-state index in [-0.39, 0.29) is 0 Å². The Balaban J connectivity index is 1.68. The Morgan fingerprint density at radius 3 is 2.62 bits per heavy atom. The van der Waals surface area contributed by atoms with Crippen molar-refractivity contribution in [1.29, 1.82) is 0 Å². The first-order chi connectivity index (χ1) is 6.36. The molecule has 0 aliphatic heterocycles. The Morgan fingerprint density at radius 1 is 1.31 bits per heavy atom. The van der Waals surface area contributed by atoms with Crippen LogP contribution in [0.25, 0.3) is 0 Å². The van der Waals surface area contributed by atoms with E-state index >= 15 is 0 Å². The molecule has 1 fully saturated rings. The van der Waals surface area contributed by atoms with Gasteiger partial charge in [0.25, 0.3) is 0 Å². The summed E-state index contributed by atoms with van der Waals surface area (Å²) in [5.74, 6) is 0.753. The van der Waals surface area contributed by atoms with Gasteiger partial charge in [-0.1, -0.05) is 46.3 Å². The van der Waals surface area contributed by atoms with E-state index < -0.39 is 0 Å². The van der Waals surface area contributed by atoms with Gasteiger partial charge in [0.2, 0.25) is 0 Å². The summed E-state index contributed by atoms with van der Waals surface area (Å²) < 4.78 is 5.58. The van der Waals surface area contributed by atoms with Crippen molar-refractivity contribution < 1.29 is 4.74 Å². The molecule has 0 saturated heterocycles. The maximum Gasteiger partial charge on any atom is 0.0717 e. The minimum absolute atomic E-state index is 0.711. The van der Waals surface area contributed by atoms with Gasteiger partial charge in [-0.25, -0.2) is 0 Å². The van der Waals surface area contributed by atoms with Crippen molar-refractivity contribution in [2.45, 2.75) is 17.9 Å². The van der Waals surface area contributed by atoms with Gasteiger partial charge in [0.1, 0.15) is 0 Å². The molecule has 1 aromatic rings. The fourth-order valence-corrected chi connectivity index (χ4v) is 1.92. The summed E-state index contributed by atoms with van der Waals surface area (Å²) in [7, 11) is 0. The second-order valence-electron chi connectivity index (χ2n) is 3.51. The third kappa shape index (κ3) is 2.82. The molecule has 1 saturated carbocycles. The Labute approximate surface area is 87.2 Å². The molecule has 2 rings (SSSR count). The fraction of sp³-hybridized carbons (Fsp3) is 0.455. The molecular formula is C11H13BrO. The number of hydrogen-bond acceptors (Lipinski definition) is 1. The van der Waals surface area contributed by atoms with E-state index in [4.69, 9.17) is 4.74 Å². The first-order valence-corrected chi connectivity index (χ1v) is 5.53. The molecule has 1 nitrogen and oxygen atoms in total. The van der Waals surface area contributed by atoms with Crippen LogP contribution in [0.5, 0.6) is 0 Å². The molecule has 1 aromatic carbocycles. The van der Waals surface area contributed by atoms with E-state index in [1.165, 1.54) is 12.0 Å². The lowest BCUT2D eigenvalue weighted by atomic mass is 10.2. The van der Waals surface area contributed by atoms with Crippen molar-refractivity contribution in [3.8, 4) is 0 Å². The number of benzene rings is 1. The zero-order valence-electron chi connectivity index (χ0n) is 7.45. The van der Waals surface area contributed by atoms with Crippen molar-refractivity contribution in [3.63, 3.8) is 0 Å². The first kappa shape index (κ1) is 9.22. The fourth-order valence-electron chi connectivity index (χ4n) is 1.29. The van der Waals surface area contributed by atoms with Crippen molar-refractivity contribution in [3.05, 3.63) is 35.9 Å². The molecule has 2 atom stereocenters. The summed E-state index contributed by atoms with van der Waals surface area (Å²) in [5, 5.41) is 0. The topological polar surface area (TPSA) is 9.23 Å². The third-order valence-electron chi connectivity index (χ3n) is 2.28. The maximum atomic E-state index is 5.58. The number of alkyl halides is 1. The third-order valence-corrected chi connectivity index (χ3v) is 3.40. The number of halogens is 1. The van der Waals surface area contributed by atoms with E-state index in [9.17, 15) is 0 Å². The average molecular weight is 241 g/mol. The summed E-state index contributed by atoms with van der Waals surface area (Å²) >= 11 is 3.55. The molecule has 0 N–H and O–H groups in total. The molecule has 0 amide bonds. The van der Waals surface area contributed by atoms with Crippen LogP contribution in [-0.2, 0) is 11.3 Å². The number of rotatable bonds is 4. The normalized spacial score (nSPS) is 25.9. The summed E-state index contributed by atoms with van der Waals surface area (Å²) in [6, 6.07) is 10.3. The summed E-state index contributed by atoms with van der Waals surface area (Å²) in [6.07, 6.45) is 1.27. The Hall–Kier alpha value is -0.340.